The molecule has 168 valence electrons. The summed E-state index contributed by atoms with van der Waals surface area (Å²) >= 11 is 1.41. The van der Waals surface area contributed by atoms with Crippen LogP contribution in [0.1, 0.15) is 27.4 Å². The summed E-state index contributed by atoms with van der Waals surface area (Å²) < 4.78 is 43.3. The van der Waals surface area contributed by atoms with Crippen molar-refractivity contribution in [1.29, 1.82) is 0 Å². The lowest BCUT2D eigenvalue weighted by Gasteiger charge is -2.35. The Morgan fingerprint density at radius 2 is 1.94 bits per heavy atom. The number of rotatable bonds is 5. The lowest BCUT2D eigenvalue weighted by Crippen LogP contribution is -2.49. The highest BCUT2D eigenvalue weighted by molar-refractivity contribution is 7.98. The number of carbonyl (C=O) groups excluding carboxylic acids is 1. The number of aryl methyl sites for hydroxylation is 1. The summed E-state index contributed by atoms with van der Waals surface area (Å²) in [5.74, 6) is 1.59. The van der Waals surface area contributed by atoms with Gasteiger partial charge in [-0.15, -0.1) is 0 Å². The van der Waals surface area contributed by atoms with Crippen molar-refractivity contribution in [2.75, 3.05) is 31.1 Å². The molecule has 0 N–H and O–H groups in total. The molecule has 0 bridgehead atoms. The summed E-state index contributed by atoms with van der Waals surface area (Å²) in [6, 6.07) is 7.69. The van der Waals surface area contributed by atoms with Gasteiger partial charge in [-0.3, -0.25) is 4.79 Å². The Hall–Kier alpha value is -3.08. The zero-order valence-corrected chi connectivity index (χ0v) is 18.0. The number of alkyl halides is 3. The number of amides is 1. The zero-order valence-electron chi connectivity index (χ0n) is 17.2. The van der Waals surface area contributed by atoms with Gasteiger partial charge in [-0.1, -0.05) is 16.9 Å². The predicted octanol–water partition coefficient (Wildman–Crippen LogP) is 4.05. The first kappa shape index (κ1) is 22.1. The van der Waals surface area contributed by atoms with Crippen molar-refractivity contribution in [3.8, 4) is 0 Å². The third-order valence-electron chi connectivity index (χ3n) is 5.00. The van der Waals surface area contributed by atoms with Gasteiger partial charge in [0.25, 0.3) is 5.91 Å². The Bertz CT molecular complexity index is 1080. The Labute approximate surface area is 186 Å². The van der Waals surface area contributed by atoms with Crippen LogP contribution in [0, 0.1) is 6.92 Å². The number of piperazine rings is 1. The van der Waals surface area contributed by atoms with E-state index in [4.69, 9.17) is 4.52 Å². The van der Waals surface area contributed by atoms with E-state index in [2.05, 4.69) is 15.1 Å². The Balaban J connectivity index is 1.38. The molecule has 1 saturated heterocycles. The number of hydrogen-bond donors (Lipinski definition) is 0. The molecule has 0 aliphatic carbocycles. The van der Waals surface area contributed by atoms with Crippen molar-refractivity contribution < 1.29 is 22.5 Å². The molecule has 4 heterocycles. The quantitative estimate of drug-likeness (QED) is 0.529. The second-order valence-electron chi connectivity index (χ2n) is 7.26. The number of halogens is 3. The smallest absolute Gasteiger partial charge is 0.361 e. The second-order valence-corrected chi connectivity index (χ2v) is 8.22. The topological polar surface area (TPSA) is 75.4 Å². The monoisotopic (exact) mass is 463 g/mol. The fourth-order valence-electron chi connectivity index (χ4n) is 3.35. The van der Waals surface area contributed by atoms with E-state index in [9.17, 15) is 18.0 Å². The van der Waals surface area contributed by atoms with Crippen LogP contribution in [0.25, 0.3) is 0 Å². The van der Waals surface area contributed by atoms with E-state index in [-0.39, 0.29) is 5.91 Å². The molecule has 32 heavy (non-hydrogen) atoms. The van der Waals surface area contributed by atoms with E-state index in [1.54, 1.807) is 23.2 Å². The van der Waals surface area contributed by atoms with E-state index in [0.717, 1.165) is 23.7 Å². The summed E-state index contributed by atoms with van der Waals surface area (Å²) in [6.07, 6.45) is -1.94. The summed E-state index contributed by atoms with van der Waals surface area (Å²) in [6.45, 7) is 3.64. The number of anilines is 1. The van der Waals surface area contributed by atoms with Gasteiger partial charge >= 0.3 is 6.18 Å². The number of nitrogens with zero attached hydrogens (tertiary/aromatic N) is 5. The molecule has 0 spiro atoms. The molecule has 7 nitrogen and oxygen atoms in total. The maximum Gasteiger partial charge on any atom is 0.417 e. The molecular weight excluding hydrogens is 443 g/mol. The fraction of sp³-hybridized carbons (Fsp3) is 0.333. The molecule has 0 radical (unpaired) electrons. The summed E-state index contributed by atoms with van der Waals surface area (Å²) in [5.41, 5.74) is 0.505. The van der Waals surface area contributed by atoms with Crippen molar-refractivity contribution in [2.24, 2.45) is 0 Å². The maximum atomic E-state index is 13.1. The maximum absolute atomic E-state index is 13.1. The van der Waals surface area contributed by atoms with Crippen LogP contribution >= 0.6 is 11.8 Å². The molecule has 1 aliphatic rings. The van der Waals surface area contributed by atoms with Crippen LogP contribution in [0.3, 0.4) is 0 Å². The summed E-state index contributed by atoms with van der Waals surface area (Å²) in [4.78, 5) is 25.0. The van der Waals surface area contributed by atoms with Crippen molar-refractivity contribution in [2.45, 2.75) is 23.9 Å². The van der Waals surface area contributed by atoms with Gasteiger partial charge in [0, 0.05) is 50.4 Å². The van der Waals surface area contributed by atoms with Crippen LogP contribution in [-0.4, -0.2) is 52.1 Å². The highest BCUT2D eigenvalue weighted by Gasteiger charge is 2.31. The Kier molecular flexibility index (Phi) is 6.35. The minimum Gasteiger partial charge on any atom is -0.361 e. The number of pyridine rings is 2. The second kappa shape index (κ2) is 9.19. The van der Waals surface area contributed by atoms with Crippen molar-refractivity contribution in [3.05, 3.63) is 65.3 Å². The third kappa shape index (κ3) is 5.04. The predicted molar refractivity (Wildman–Crippen MR) is 112 cm³/mol. The first-order valence-electron chi connectivity index (χ1n) is 9.89. The minimum atomic E-state index is -4.41. The number of hydrogen-bond acceptors (Lipinski definition) is 7. The van der Waals surface area contributed by atoms with Crippen LogP contribution in [0.2, 0.25) is 0 Å². The van der Waals surface area contributed by atoms with Crippen molar-refractivity contribution in [1.82, 2.24) is 20.0 Å². The van der Waals surface area contributed by atoms with Gasteiger partial charge in [-0.05, 0) is 31.2 Å². The van der Waals surface area contributed by atoms with Crippen LogP contribution in [0.15, 0.2) is 52.3 Å². The third-order valence-corrected chi connectivity index (χ3v) is 6.04. The van der Waals surface area contributed by atoms with E-state index >= 15 is 0 Å². The molecule has 1 amide bonds. The normalized spacial score (nSPS) is 14.6. The van der Waals surface area contributed by atoms with E-state index < -0.39 is 11.7 Å². The molecule has 0 saturated carbocycles. The van der Waals surface area contributed by atoms with Crippen molar-refractivity contribution in [3.63, 3.8) is 0 Å². The van der Waals surface area contributed by atoms with Gasteiger partial charge in [0.05, 0.1) is 16.8 Å². The minimum absolute atomic E-state index is 0.128. The van der Waals surface area contributed by atoms with Gasteiger partial charge in [0.1, 0.15) is 16.6 Å². The van der Waals surface area contributed by atoms with Crippen LogP contribution < -0.4 is 4.90 Å². The Morgan fingerprint density at radius 1 is 1.16 bits per heavy atom. The number of carbonyl (C=O) groups is 1. The molecule has 0 unspecified atom stereocenters. The molecule has 1 fully saturated rings. The number of aromatic nitrogens is 3. The Morgan fingerprint density at radius 3 is 2.56 bits per heavy atom. The standard InChI is InChI=1S/C21H20F3N5O2S/c1-14-11-16(27-31-14)13-32-19-17(3-2-6-25-19)20(30)29-9-7-28(8-10-29)18-5-4-15(12-26-18)21(22,23)24/h2-6,11-12H,7-10,13H2,1H3. The molecule has 11 heteroatoms. The van der Waals surface area contributed by atoms with Gasteiger partial charge < -0.3 is 14.3 Å². The van der Waals surface area contributed by atoms with Crippen LogP contribution in [0.5, 0.6) is 0 Å². The average molecular weight is 463 g/mol. The molecule has 0 aromatic carbocycles. The van der Waals surface area contributed by atoms with Crippen LogP contribution in [-0.2, 0) is 11.9 Å². The van der Waals surface area contributed by atoms with E-state index in [0.29, 0.717) is 48.3 Å². The highest BCUT2D eigenvalue weighted by atomic mass is 32.2. The van der Waals surface area contributed by atoms with Gasteiger partial charge in [-0.2, -0.15) is 13.2 Å². The zero-order chi connectivity index (χ0) is 22.7. The van der Waals surface area contributed by atoms with Gasteiger partial charge in [-0.25, -0.2) is 9.97 Å². The first-order chi connectivity index (χ1) is 15.3. The molecule has 1 aliphatic heterocycles. The summed E-state index contributed by atoms with van der Waals surface area (Å²) in [5, 5.41) is 4.57. The summed E-state index contributed by atoms with van der Waals surface area (Å²) in [7, 11) is 0. The lowest BCUT2D eigenvalue weighted by atomic mass is 10.2. The SMILES string of the molecule is Cc1cc(CSc2ncccc2C(=O)N2CCN(c3ccc(C(F)(F)F)cn3)CC2)no1. The van der Waals surface area contributed by atoms with Gasteiger partial charge in [0.2, 0.25) is 0 Å². The molecule has 0 atom stereocenters. The van der Waals surface area contributed by atoms with E-state index in [1.165, 1.54) is 17.8 Å². The molecule has 3 aromatic heterocycles. The molecule has 4 rings (SSSR count). The van der Waals surface area contributed by atoms with Crippen molar-refractivity contribution >= 4 is 23.5 Å². The van der Waals surface area contributed by atoms with Gasteiger partial charge in [0.15, 0.2) is 0 Å². The highest BCUT2D eigenvalue weighted by Crippen LogP contribution is 2.30. The molecule has 3 aromatic rings. The lowest BCUT2D eigenvalue weighted by molar-refractivity contribution is -0.137. The fourth-order valence-corrected chi connectivity index (χ4v) is 4.21. The van der Waals surface area contributed by atoms with E-state index in [1.807, 2.05) is 17.9 Å². The first-order valence-corrected chi connectivity index (χ1v) is 10.9. The number of thioether (sulfide) groups is 1. The molecular formula is C21H20F3N5O2S. The average Bonchev–Trinajstić information content (AvgIpc) is 3.22. The largest absolute Gasteiger partial charge is 0.417 e. The van der Waals surface area contributed by atoms with Crippen LogP contribution in [0.4, 0.5) is 19.0 Å².